The second-order valence-electron chi connectivity index (χ2n) is 9.87. The van der Waals surface area contributed by atoms with Gasteiger partial charge in [-0.3, -0.25) is 14.4 Å². The first kappa shape index (κ1) is 26.9. The second kappa shape index (κ2) is 11.1. The van der Waals surface area contributed by atoms with E-state index in [2.05, 4.69) is 13.2 Å². The van der Waals surface area contributed by atoms with Crippen LogP contribution in [0.25, 0.3) is 0 Å². The van der Waals surface area contributed by atoms with Crippen molar-refractivity contribution in [2.24, 2.45) is 11.8 Å². The van der Waals surface area contributed by atoms with Gasteiger partial charge in [-0.25, -0.2) is 0 Å². The van der Waals surface area contributed by atoms with Crippen LogP contribution in [0.15, 0.2) is 49.6 Å². The first-order valence-corrected chi connectivity index (χ1v) is 12.8. The average Bonchev–Trinajstić information content (AvgIpc) is 3.56. The number of methoxy groups -OCH3 is 1. The van der Waals surface area contributed by atoms with Gasteiger partial charge in [0.1, 0.15) is 17.4 Å². The predicted molar refractivity (Wildman–Crippen MR) is 137 cm³/mol. The molecule has 6 atom stereocenters. The molecular weight excluding hydrogens is 476 g/mol. The minimum atomic E-state index is -1.17. The number of amides is 2. The van der Waals surface area contributed by atoms with Crippen molar-refractivity contribution in [2.75, 3.05) is 31.8 Å². The number of anilines is 1. The molecule has 2 amide bonds. The topological polar surface area (TPSA) is 106 Å². The Hall–Kier alpha value is -3.17. The number of hydrogen-bond acceptors (Lipinski definition) is 7. The number of aliphatic hydroxyl groups excluding tert-OH is 1. The molecule has 0 radical (unpaired) electrons. The zero-order valence-electron chi connectivity index (χ0n) is 21.5. The summed E-state index contributed by atoms with van der Waals surface area (Å²) in [6.07, 6.45) is 5.25. The zero-order chi connectivity index (χ0) is 26.7. The number of rotatable bonds is 12. The maximum absolute atomic E-state index is 14.3. The molecule has 3 heterocycles. The number of ether oxygens (including phenoxy) is 3. The molecule has 1 N–H and O–H groups in total. The largest absolute Gasteiger partial charge is 0.497 e. The van der Waals surface area contributed by atoms with Gasteiger partial charge in [0, 0.05) is 12.2 Å². The van der Waals surface area contributed by atoms with Crippen molar-refractivity contribution in [3.05, 3.63) is 49.6 Å². The van der Waals surface area contributed by atoms with Gasteiger partial charge in [-0.2, -0.15) is 0 Å². The van der Waals surface area contributed by atoms with Crippen molar-refractivity contribution in [1.82, 2.24) is 4.90 Å². The summed E-state index contributed by atoms with van der Waals surface area (Å²) < 4.78 is 17.2. The molecule has 3 aliphatic heterocycles. The molecule has 0 saturated carbocycles. The van der Waals surface area contributed by atoms with Crippen LogP contribution in [0.2, 0.25) is 0 Å². The Bertz CT molecular complexity index is 1040. The molecule has 2 unspecified atom stereocenters. The minimum Gasteiger partial charge on any atom is -0.497 e. The molecule has 1 aromatic rings. The lowest BCUT2D eigenvalue weighted by atomic mass is 9.70. The van der Waals surface area contributed by atoms with Crippen LogP contribution in [0.3, 0.4) is 0 Å². The fourth-order valence-electron chi connectivity index (χ4n) is 6.06. The van der Waals surface area contributed by atoms with Crippen LogP contribution in [0.1, 0.15) is 32.6 Å². The highest BCUT2D eigenvalue weighted by Gasteiger charge is 2.75. The Kier molecular flexibility index (Phi) is 8.04. The average molecular weight is 513 g/mol. The van der Waals surface area contributed by atoms with Gasteiger partial charge in [0.25, 0.3) is 5.91 Å². The van der Waals surface area contributed by atoms with E-state index in [4.69, 9.17) is 14.2 Å². The highest BCUT2D eigenvalue weighted by atomic mass is 16.6. The van der Waals surface area contributed by atoms with Crippen LogP contribution in [0.5, 0.6) is 5.75 Å². The minimum absolute atomic E-state index is 0.205. The maximum atomic E-state index is 14.3. The third-order valence-electron chi connectivity index (χ3n) is 7.74. The van der Waals surface area contributed by atoms with E-state index in [0.29, 0.717) is 37.1 Å². The van der Waals surface area contributed by atoms with E-state index in [-0.39, 0.29) is 31.6 Å². The van der Waals surface area contributed by atoms with E-state index >= 15 is 0 Å². The number of hydrogen-bond donors (Lipinski definition) is 1. The van der Waals surface area contributed by atoms with E-state index in [1.54, 1.807) is 55.4 Å². The van der Waals surface area contributed by atoms with Gasteiger partial charge in [-0.05, 0) is 56.9 Å². The van der Waals surface area contributed by atoms with Crippen molar-refractivity contribution in [3.63, 3.8) is 0 Å². The van der Waals surface area contributed by atoms with Gasteiger partial charge in [0.2, 0.25) is 5.91 Å². The van der Waals surface area contributed by atoms with Gasteiger partial charge in [0.05, 0.1) is 44.3 Å². The molecule has 200 valence electrons. The summed E-state index contributed by atoms with van der Waals surface area (Å²) in [4.78, 5) is 44.3. The van der Waals surface area contributed by atoms with Crippen LogP contribution < -0.4 is 9.64 Å². The molecule has 2 bridgehead atoms. The number of carbonyl (C=O) groups excluding carboxylic acids is 3. The molecule has 4 rings (SSSR count). The van der Waals surface area contributed by atoms with E-state index in [9.17, 15) is 19.5 Å². The molecular formula is C28H36N2O7. The van der Waals surface area contributed by atoms with Crippen molar-refractivity contribution >= 4 is 23.5 Å². The van der Waals surface area contributed by atoms with Crippen LogP contribution >= 0.6 is 0 Å². The number of allylic oxidation sites excluding steroid dienone is 1. The van der Waals surface area contributed by atoms with Crippen molar-refractivity contribution < 1.29 is 33.7 Å². The third kappa shape index (κ3) is 4.55. The van der Waals surface area contributed by atoms with E-state index in [1.807, 2.05) is 0 Å². The van der Waals surface area contributed by atoms with Gasteiger partial charge >= 0.3 is 5.97 Å². The first-order chi connectivity index (χ1) is 17.8. The number of carbonyl (C=O) groups is 3. The molecule has 37 heavy (non-hydrogen) atoms. The number of unbranched alkanes of at least 4 members (excludes halogenated alkanes) is 1. The summed E-state index contributed by atoms with van der Waals surface area (Å²) in [5.74, 6) is -2.16. The Morgan fingerprint density at radius 2 is 2.03 bits per heavy atom. The third-order valence-corrected chi connectivity index (χ3v) is 7.74. The van der Waals surface area contributed by atoms with Crippen LogP contribution in [0.4, 0.5) is 5.69 Å². The molecule has 9 nitrogen and oxygen atoms in total. The lowest BCUT2D eigenvalue weighted by Crippen LogP contribution is -2.58. The SMILES string of the molecule is C=CCCCOC(=O)[C@@H]1[C@H]2C(=O)N([C@H](C)CO)C(C(=O)N(CC=C)c3ccc(OC)cc3)C23CC[C@H]1O3. The van der Waals surface area contributed by atoms with Gasteiger partial charge in [0.15, 0.2) is 0 Å². The second-order valence-corrected chi connectivity index (χ2v) is 9.87. The summed E-state index contributed by atoms with van der Waals surface area (Å²) in [6, 6.07) is 5.39. The summed E-state index contributed by atoms with van der Waals surface area (Å²) in [5, 5.41) is 10.0. The van der Waals surface area contributed by atoms with E-state index < -0.39 is 41.6 Å². The molecule has 1 spiro atoms. The Labute approximate surface area is 217 Å². The Morgan fingerprint density at radius 1 is 1.30 bits per heavy atom. The first-order valence-electron chi connectivity index (χ1n) is 12.8. The summed E-state index contributed by atoms with van der Waals surface area (Å²) in [5.41, 5.74) is -0.556. The van der Waals surface area contributed by atoms with Crippen molar-refractivity contribution in [3.8, 4) is 5.75 Å². The summed E-state index contributed by atoms with van der Waals surface area (Å²) >= 11 is 0. The number of fused-ring (bicyclic) bond motifs is 1. The standard InChI is InChI=1S/C28H36N2O7/c1-5-7-8-16-36-27(34)22-21-13-14-28(37-21)23(22)25(32)30(18(3)17-31)24(28)26(33)29(15-6-2)19-9-11-20(35-4)12-10-19/h5-6,9-12,18,21-24,31H,1-2,7-8,13-17H2,3-4H3/t18-,21-,22+,23+,24?,28?/m1/s1. The smallest absolute Gasteiger partial charge is 0.312 e. The number of benzene rings is 1. The van der Waals surface area contributed by atoms with Crippen molar-refractivity contribution in [1.29, 1.82) is 0 Å². The number of likely N-dealkylation sites (tertiary alicyclic amines) is 1. The lowest BCUT2D eigenvalue weighted by Gasteiger charge is -2.38. The summed E-state index contributed by atoms with van der Waals surface area (Å²) in [7, 11) is 1.56. The number of esters is 1. The van der Waals surface area contributed by atoms with Crippen molar-refractivity contribution in [2.45, 2.75) is 56.4 Å². The Morgan fingerprint density at radius 3 is 2.65 bits per heavy atom. The predicted octanol–water partition coefficient (Wildman–Crippen LogP) is 2.48. The molecule has 0 aromatic heterocycles. The van der Waals surface area contributed by atoms with Crippen LogP contribution in [0, 0.1) is 11.8 Å². The highest BCUT2D eigenvalue weighted by molar-refractivity contribution is 6.04. The molecule has 3 saturated heterocycles. The lowest BCUT2D eigenvalue weighted by molar-refractivity contribution is -0.155. The highest BCUT2D eigenvalue weighted by Crippen LogP contribution is 2.59. The number of nitrogens with zero attached hydrogens (tertiary/aromatic N) is 2. The van der Waals surface area contributed by atoms with E-state index in [0.717, 1.165) is 0 Å². The molecule has 3 aliphatic rings. The molecule has 0 aliphatic carbocycles. The van der Waals surface area contributed by atoms with Crippen LogP contribution in [-0.4, -0.2) is 78.4 Å². The van der Waals surface area contributed by atoms with E-state index in [1.165, 1.54) is 4.90 Å². The quantitative estimate of drug-likeness (QED) is 0.261. The Balaban J connectivity index is 1.70. The van der Waals surface area contributed by atoms with Crippen LogP contribution in [-0.2, 0) is 23.9 Å². The van der Waals surface area contributed by atoms with Gasteiger partial charge in [-0.1, -0.05) is 12.2 Å². The van der Waals surface area contributed by atoms with Gasteiger partial charge < -0.3 is 29.1 Å². The maximum Gasteiger partial charge on any atom is 0.312 e. The molecule has 1 aromatic carbocycles. The fraction of sp³-hybridized carbons (Fsp3) is 0.536. The molecule has 9 heteroatoms. The van der Waals surface area contributed by atoms with Gasteiger partial charge in [-0.15, -0.1) is 13.2 Å². The fourth-order valence-corrected chi connectivity index (χ4v) is 6.06. The summed E-state index contributed by atoms with van der Waals surface area (Å²) in [6.45, 7) is 9.27. The zero-order valence-corrected chi connectivity index (χ0v) is 21.5. The monoisotopic (exact) mass is 512 g/mol. The normalized spacial score (nSPS) is 28.5. The number of aliphatic hydroxyl groups is 1. The molecule has 3 fully saturated rings.